The van der Waals surface area contributed by atoms with Gasteiger partial charge in [0.2, 0.25) is 23.5 Å². The Morgan fingerprint density at radius 3 is 2.02 bits per heavy atom. The summed E-state index contributed by atoms with van der Waals surface area (Å²) in [5.74, 6) is -6.22. The standard InChI is InChI=1S/C54H61N3O9/c1-2-3-20-40(52(63)46(58)29-30-49(61)56-50(53(55)64)38-23-12-6-13-24-38)31-48(60)45-32-41(66-35-36-18-8-4-9-19-36)34-57(45)54(65)44(37-21-10-5-11-22-37)33-47(59)42-27-16-17-28-43(42)51(62)39-25-14-7-15-26-39/h4,6-9,12-19,23-28,37,40-41,44-45,50H,2-3,5,10-11,20-22,29-35H2,1H3,(H2,55,64)(H,56,61)/t40?,41-,44?,45+,50?/m1/s1. The molecule has 5 atom stereocenters. The zero-order valence-corrected chi connectivity index (χ0v) is 37.7. The number of benzene rings is 4. The van der Waals surface area contributed by atoms with Crippen molar-refractivity contribution in [2.75, 3.05) is 6.54 Å². The zero-order valence-electron chi connectivity index (χ0n) is 37.7. The molecule has 6 rings (SSSR count). The maximum atomic E-state index is 15.2. The number of nitrogens with one attached hydrogen (secondary N) is 1. The van der Waals surface area contributed by atoms with Crippen LogP contribution in [0.15, 0.2) is 115 Å². The Bertz CT molecular complexity index is 2330. The second kappa shape index (κ2) is 24.2. The van der Waals surface area contributed by atoms with E-state index in [-0.39, 0.29) is 85.6 Å². The number of hydrogen-bond acceptors (Lipinski definition) is 9. The highest BCUT2D eigenvalue weighted by molar-refractivity contribution is 6.38. The van der Waals surface area contributed by atoms with Crippen molar-refractivity contribution in [2.45, 2.75) is 115 Å². The molecule has 1 aliphatic heterocycles. The molecule has 3 unspecified atom stereocenters. The SMILES string of the molecule is CCCCC(CC(=O)[C@@H]1C[C@@H](OCc2ccccc2)CN1C(=O)C(CC(=O)c1ccccc1C(=O)c1ccccc1)C1CCCCC1)C(=O)C(=O)CCC(=O)NC(C(N)=O)c1ccccc1. The number of amides is 3. The van der Waals surface area contributed by atoms with E-state index in [1.807, 2.05) is 43.3 Å². The number of nitrogens with two attached hydrogens (primary N) is 1. The third-order valence-electron chi connectivity index (χ3n) is 13.0. The van der Waals surface area contributed by atoms with Crippen LogP contribution < -0.4 is 11.1 Å². The van der Waals surface area contributed by atoms with Crippen LogP contribution in [0.2, 0.25) is 0 Å². The van der Waals surface area contributed by atoms with Crippen LogP contribution in [0.5, 0.6) is 0 Å². The molecule has 3 N–H and O–H groups in total. The third kappa shape index (κ3) is 13.1. The number of Topliss-reactive ketones (excluding diaryl/α,β-unsaturated/α-hetero) is 4. The lowest BCUT2D eigenvalue weighted by molar-refractivity contribution is -0.144. The van der Waals surface area contributed by atoms with Crippen molar-refractivity contribution in [3.63, 3.8) is 0 Å². The van der Waals surface area contributed by atoms with Crippen LogP contribution in [0.4, 0.5) is 0 Å². The average molecular weight is 896 g/mol. The summed E-state index contributed by atoms with van der Waals surface area (Å²) < 4.78 is 6.35. The Hall–Kier alpha value is -6.40. The highest BCUT2D eigenvalue weighted by Crippen LogP contribution is 2.37. The third-order valence-corrected chi connectivity index (χ3v) is 13.0. The second-order valence-electron chi connectivity index (χ2n) is 17.6. The number of hydrogen-bond donors (Lipinski definition) is 2. The summed E-state index contributed by atoms with van der Waals surface area (Å²) in [6.07, 6.45) is 4.18. The van der Waals surface area contributed by atoms with Gasteiger partial charge >= 0.3 is 0 Å². The maximum absolute atomic E-state index is 15.2. The average Bonchev–Trinajstić information content (AvgIpc) is 3.79. The summed E-state index contributed by atoms with van der Waals surface area (Å²) in [5, 5.41) is 2.55. The molecule has 1 heterocycles. The first-order valence-corrected chi connectivity index (χ1v) is 23.4. The largest absolute Gasteiger partial charge is 0.372 e. The predicted octanol–water partition coefficient (Wildman–Crippen LogP) is 7.90. The molecule has 0 radical (unpaired) electrons. The summed E-state index contributed by atoms with van der Waals surface area (Å²) >= 11 is 0. The first kappa shape index (κ1) is 49.0. The van der Waals surface area contributed by atoms with Crippen LogP contribution in [-0.4, -0.2) is 70.2 Å². The van der Waals surface area contributed by atoms with Gasteiger partial charge in [0.1, 0.15) is 6.04 Å². The molecular formula is C54H61N3O9. The van der Waals surface area contributed by atoms with Crippen molar-refractivity contribution >= 4 is 46.6 Å². The van der Waals surface area contributed by atoms with E-state index in [1.165, 1.54) is 0 Å². The molecule has 1 aliphatic carbocycles. The molecule has 3 amide bonds. The van der Waals surface area contributed by atoms with Gasteiger partial charge in [0.05, 0.1) is 18.8 Å². The highest BCUT2D eigenvalue weighted by Gasteiger charge is 2.45. The zero-order chi connectivity index (χ0) is 47.0. The molecule has 12 heteroatoms. The fourth-order valence-corrected chi connectivity index (χ4v) is 9.37. The molecule has 66 heavy (non-hydrogen) atoms. The number of carbonyl (C=O) groups is 8. The molecule has 346 valence electrons. The lowest BCUT2D eigenvalue weighted by Gasteiger charge is -2.34. The van der Waals surface area contributed by atoms with Gasteiger partial charge in [0.25, 0.3) is 0 Å². The van der Waals surface area contributed by atoms with E-state index < -0.39 is 59.8 Å². The minimum absolute atomic E-state index is 0.0967. The Kier molecular flexibility index (Phi) is 18.0. The molecule has 2 fully saturated rings. The Balaban J connectivity index is 1.21. The van der Waals surface area contributed by atoms with Crippen LogP contribution in [0.1, 0.15) is 134 Å². The fourth-order valence-electron chi connectivity index (χ4n) is 9.37. The fraction of sp³-hybridized carbons (Fsp3) is 0.407. The number of likely N-dealkylation sites (tertiary alicyclic amines) is 1. The highest BCUT2D eigenvalue weighted by atomic mass is 16.5. The van der Waals surface area contributed by atoms with Gasteiger partial charge in [-0.05, 0) is 36.3 Å². The lowest BCUT2D eigenvalue weighted by atomic mass is 9.76. The normalized spacial score (nSPS) is 17.6. The quantitative estimate of drug-likeness (QED) is 0.0521. The number of ether oxygens (including phenoxy) is 1. The van der Waals surface area contributed by atoms with E-state index in [0.717, 1.165) is 37.7 Å². The molecule has 2 aliphatic rings. The molecule has 0 aromatic heterocycles. The van der Waals surface area contributed by atoms with E-state index in [2.05, 4.69) is 5.32 Å². The minimum Gasteiger partial charge on any atom is -0.372 e. The lowest BCUT2D eigenvalue weighted by Crippen LogP contribution is -2.47. The Morgan fingerprint density at radius 2 is 1.36 bits per heavy atom. The van der Waals surface area contributed by atoms with Crippen LogP contribution >= 0.6 is 0 Å². The topological polar surface area (TPSA) is 187 Å². The molecule has 12 nitrogen and oxygen atoms in total. The van der Waals surface area contributed by atoms with E-state index in [1.54, 1.807) is 83.8 Å². The molecule has 4 aromatic rings. The van der Waals surface area contributed by atoms with Gasteiger partial charge in [-0.2, -0.15) is 0 Å². The van der Waals surface area contributed by atoms with Gasteiger partial charge in [-0.3, -0.25) is 38.4 Å². The van der Waals surface area contributed by atoms with E-state index in [4.69, 9.17) is 10.5 Å². The van der Waals surface area contributed by atoms with Crippen molar-refractivity contribution in [1.82, 2.24) is 10.2 Å². The molecular weight excluding hydrogens is 835 g/mol. The van der Waals surface area contributed by atoms with Gasteiger partial charge in [-0.25, -0.2) is 0 Å². The van der Waals surface area contributed by atoms with Crippen molar-refractivity contribution in [1.29, 1.82) is 0 Å². The Labute approximate surface area is 387 Å². The van der Waals surface area contributed by atoms with Crippen molar-refractivity contribution < 1.29 is 43.1 Å². The maximum Gasteiger partial charge on any atom is 0.244 e. The number of carbonyl (C=O) groups excluding carboxylic acids is 8. The molecule has 0 spiro atoms. The minimum atomic E-state index is -1.12. The summed E-state index contributed by atoms with van der Waals surface area (Å²) in [5.41, 5.74) is 7.88. The van der Waals surface area contributed by atoms with E-state index >= 15 is 4.79 Å². The first-order chi connectivity index (χ1) is 31.9. The van der Waals surface area contributed by atoms with Crippen molar-refractivity contribution in [3.05, 3.63) is 143 Å². The van der Waals surface area contributed by atoms with Gasteiger partial charge in [0, 0.05) is 67.2 Å². The van der Waals surface area contributed by atoms with E-state index in [9.17, 15) is 33.6 Å². The summed E-state index contributed by atoms with van der Waals surface area (Å²) in [6, 6.07) is 31.3. The number of unbranched alkanes of at least 4 members (excludes halogenated alkanes) is 1. The van der Waals surface area contributed by atoms with E-state index in [0.29, 0.717) is 24.0 Å². The van der Waals surface area contributed by atoms with Gasteiger partial charge in [0.15, 0.2) is 23.1 Å². The van der Waals surface area contributed by atoms with Gasteiger partial charge < -0.3 is 20.7 Å². The van der Waals surface area contributed by atoms with Gasteiger partial charge in [-0.1, -0.05) is 154 Å². The smallest absolute Gasteiger partial charge is 0.244 e. The van der Waals surface area contributed by atoms with Crippen LogP contribution in [0.25, 0.3) is 0 Å². The van der Waals surface area contributed by atoms with Crippen LogP contribution in [0.3, 0.4) is 0 Å². The first-order valence-electron chi connectivity index (χ1n) is 23.4. The second-order valence-corrected chi connectivity index (χ2v) is 17.6. The summed E-state index contributed by atoms with van der Waals surface area (Å²) in [7, 11) is 0. The molecule has 4 aromatic carbocycles. The van der Waals surface area contributed by atoms with Gasteiger partial charge in [-0.15, -0.1) is 0 Å². The molecule has 1 saturated heterocycles. The van der Waals surface area contributed by atoms with Crippen LogP contribution in [0, 0.1) is 17.8 Å². The van der Waals surface area contributed by atoms with Crippen molar-refractivity contribution in [2.24, 2.45) is 23.5 Å². The summed E-state index contributed by atoms with van der Waals surface area (Å²) in [6.45, 7) is 2.28. The molecule has 1 saturated carbocycles. The Morgan fingerprint density at radius 1 is 0.742 bits per heavy atom. The number of ketones is 5. The number of rotatable bonds is 24. The predicted molar refractivity (Wildman–Crippen MR) is 249 cm³/mol. The molecule has 0 bridgehead atoms. The van der Waals surface area contributed by atoms with Crippen molar-refractivity contribution in [3.8, 4) is 0 Å². The van der Waals surface area contributed by atoms with Crippen LogP contribution in [-0.2, 0) is 40.1 Å². The summed E-state index contributed by atoms with van der Waals surface area (Å²) in [4.78, 5) is 112. The monoisotopic (exact) mass is 895 g/mol. The number of nitrogens with zero attached hydrogens (tertiary/aromatic N) is 1. The number of primary amides is 1.